The molecule has 0 rings (SSSR count). The third-order valence-electron chi connectivity index (χ3n) is 2.00. The van der Waals surface area contributed by atoms with Gasteiger partial charge in [-0.2, -0.15) is 0 Å². The van der Waals surface area contributed by atoms with Crippen LogP contribution in [0.25, 0.3) is 0 Å². The smallest absolute Gasteiger partial charge is 0.317 e. The van der Waals surface area contributed by atoms with E-state index >= 15 is 0 Å². The summed E-state index contributed by atoms with van der Waals surface area (Å²) in [6, 6.07) is -0.0305. The van der Waals surface area contributed by atoms with E-state index in [1.54, 1.807) is 12.0 Å². The van der Waals surface area contributed by atoms with E-state index in [0.29, 0.717) is 6.61 Å². The van der Waals surface area contributed by atoms with Crippen LogP contribution in [0.5, 0.6) is 0 Å². The van der Waals surface area contributed by atoms with Crippen LogP contribution >= 0.6 is 0 Å². The predicted molar refractivity (Wildman–Crippen MR) is 57.4 cm³/mol. The van der Waals surface area contributed by atoms with Gasteiger partial charge in [-0.15, -0.1) is 0 Å². The molecule has 4 nitrogen and oxygen atoms in total. The van der Waals surface area contributed by atoms with Crippen LogP contribution in [0.2, 0.25) is 0 Å². The molecule has 4 heteroatoms. The Bertz CT molecular complexity index is 177. The molecule has 0 aromatic heterocycles. The average Bonchev–Trinajstić information content (AvgIpc) is 2.04. The Morgan fingerprint density at radius 1 is 1.36 bits per heavy atom. The number of nitrogens with zero attached hydrogens (tertiary/aromatic N) is 1. The summed E-state index contributed by atoms with van der Waals surface area (Å²) in [6.07, 6.45) is 0. The Morgan fingerprint density at radius 3 is 2.21 bits per heavy atom. The fourth-order valence-electron chi connectivity index (χ4n) is 1.28. The van der Waals surface area contributed by atoms with Gasteiger partial charge in [0.2, 0.25) is 0 Å². The highest BCUT2D eigenvalue weighted by Gasteiger charge is 2.22. The van der Waals surface area contributed by atoms with Crippen molar-refractivity contribution in [1.29, 1.82) is 0 Å². The second-order valence-corrected chi connectivity index (χ2v) is 3.92. The second-order valence-electron chi connectivity index (χ2n) is 3.92. The zero-order chi connectivity index (χ0) is 11.2. The van der Waals surface area contributed by atoms with E-state index in [2.05, 4.69) is 5.32 Å². The van der Waals surface area contributed by atoms with Crippen molar-refractivity contribution in [3.05, 3.63) is 0 Å². The number of rotatable bonds is 5. The van der Waals surface area contributed by atoms with Gasteiger partial charge in [-0.05, 0) is 27.7 Å². The molecular weight excluding hydrogens is 180 g/mol. The minimum atomic E-state index is -0.311. The van der Waals surface area contributed by atoms with Gasteiger partial charge in [-0.3, -0.25) is 0 Å². The lowest BCUT2D eigenvalue weighted by Gasteiger charge is -2.29. The number of carbonyl (C=O) groups is 1. The van der Waals surface area contributed by atoms with Gasteiger partial charge >= 0.3 is 6.03 Å². The van der Waals surface area contributed by atoms with E-state index in [1.807, 2.05) is 27.7 Å². The summed E-state index contributed by atoms with van der Waals surface area (Å²) < 4.78 is 5.02. The topological polar surface area (TPSA) is 41.6 Å². The Morgan fingerprint density at radius 2 is 1.86 bits per heavy atom. The highest BCUT2D eigenvalue weighted by atomic mass is 16.5. The van der Waals surface area contributed by atoms with E-state index in [4.69, 9.17) is 4.74 Å². The van der Waals surface area contributed by atoms with Crippen LogP contribution in [0.15, 0.2) is 0 Å². The van der Waals surface area contributed by atoms with Gasteiger partial charge in [0.05, 0.1) is 12.1 Å². The molecule has 14 heavy (non-hydrogen) atoms. The number of hydrogen-bond donors (Lipinski definition) is 1. The molecule has 0 fully saturated rings. The van der Waals surface area contributed by atoms with Crippen molar-refractivity contribution in [2.75, 3.05) is 26.8 Å². The Balaban J connectivity index is 4.15. The van der Waals surface area contributed by atoms with E-state index in [0.717, 1.165) is 13.1 Å². The average molecular weight is 202 g/mol. The van der Waals surface area contributed by atoms with E-state index in [-0.39, 0.29) is 11.6 Å². The van der Waals surface area contributed by atoms with Gasteiger partial charge in [0.15, 0.2) is 0 Å². The molecule has 0 aliphatic rings. The van der Waals surface area contributed by atoms with Crippen LogP contribution < -0.4 is 5.32 Å². The molecule has 0 saturated carbocycles. The lowest BCUT2D eigenvalue weighted by Crippen LogP contribution is -2.52. The van der Waals surface area contributed by atoms with Crippen LogP contribution in [-0.4, -0.2) is 43.3 Å². The van der Waals surface area contributed by atoms with Crippen LogP contribution in [-0.2, 0) is 4.74 Å². The normalized spacial score (nSPS) is 11.2. The quantitative estimate of drug-likeness (QED) is 0.733. The molecule has 0 aliphatic heterocycles. The van der Waals surface area contributed by atoms with Crippen molar-refractivity contribution in [3.63, 3.8) is 0 Å². The number of amides is 2. The summed E-state index contributed by atoms with van der Waals surface area (Å²) in [5.41, 5.74) is -0.311. The van der Waals surface area contributed by atoms with Gasteiger partial charge in [0.1, 0.15) is 0 Å². The first-order valence-corrected chi connectivity index (χ1v) is 5.02. The van der Waals surface area contributed by atoms with Crippen LogP contribution in [0.4, 0.5) is 4.79 Å². The number of methoxy groups -OCH3 is 1. The summed E-state index contributed by atoms with van der Waals surface area (Å²) >= 11 is 0. The lowest BCUT2D eigenvalue weighted by atomic mass is 10.1. The van der Waals surface area contributed by atoms with Crippen molar-refractivity contribution >= 4 is 6.03 Å². The highest BCUT2D eigenvalue weighted by Crippen LogP contribution is 2.03. The maximum absolute atomic E-state index is 11.7. The maximum atomic E-state index is 11.7. The molecule has 0 atom stereocenters. The first kappa shape index (κ1) is 13.2. The maximum Gasteiger partial charge on any atom is 0.317 e. The summed E-state index contributed by atoms with van der Waals surface area (Å²) in [5, 5.41) is 2.92. The molecule has 0 spiro atoms. The molecule has 1 N–H and O–H groups in total. The van der Waals surface area contributed by atoms with Crippen molar-refractivity contribution in [2.45, 2.75) is 33.2 Å². The van der Waals surface area contributed by atoms with Gasteiger partial charge in [0, 0.05) is 20.2 Å². The first-order chi connectivity index (χ1) is 6.46. The molecule has 0 unspecified atom stereocenters. The fourth-order valence-corrected chi connectivity index (χ4v) is 1.28. The number of ether oxygens (including phenoxy) is 1. The van der Waals surface area contributed by atoms with E-state index in [9.17, 15) is 4.79 Å². The zero-order valence-corrected chi connectivity index (χ0v) is 9.89. The zero-order valence-electron chi connectivity index (χ0n) is 9.89. The first-order valence-electron chi connectivity index (χ1n) is 5.02. The van der Waals surface area contributed by atoms with Crippen LogP contribution in [0, 0.1) is 0 Å². The molecule has 0 heterocycles. The predicted octanol–water partition coefficient (Wildman–Crippen LogP) is 1.46. The summed E-state index contributed by atoms with van der Waals surface area (Å²) in [5.74, 6) is 0. The van der Waals surface area contributed by atoms with Gasteiger partial charge in [-0.25, -0.2) is 4.79 Å². The van der Waals surface area contributed by atoms with Crippen LogP contribution in [0.1, 0.15) is 27.7 Å². The lowest BCUT2D eigenvalue weighted by molar-refractivity contribution is 0.123. The van der Waals surface area contributed by atoms with Crippen molar-refractivity contribution in [2.24, 2.45) is 0 Å². The summed E-state index contributed by atoms with van der Waals surface area (Å²) in [6.45, 7) is 9.78. The Labute approximate surface area is 86.6 Å². The summed E-state index contributed by atoms with van der Waals surface area (Å²) in [4.78, 5) is 13.4. The number of nitrogens with one attached hydrogen (secondary N) is 1. The van der Waals surface area contributed by atoms with Gasteiger partial charge in [-0.1, -0.05) is 0 Å². The highest BCUT2D eigenvalue weighted by molar-refractivity contribution is 5.74. The van der Waals surface area contributed by atoms with E-state index < -0.39 is 0 Å². The van der Waals surface area contributed by atoms with Crippen LogP contribution in [0.3, 0.4) is 0 Å². The molecule has 0 aliphatic carbocycles. The second kappa shape index (κ2) is 5.86. The Hall–Kier alpha value is -0.770. The van der Waals surface area contributed by atoms with Crippen molar-refractivity contribution < 1.29 is 9.53 Å². The number of urea groups is 1. The third-order valence-corrected chi connectivity index (χ3v) is 2.00. The molecule has 0 aromatic rings. The molecule has 2 amide bonds. The van der Waals surface area contributed by atoms with E-state index in [1.165, 1.54) is 0 Å². The third kappa shape index (κ3) is 4.46. The Kier molecular flexibility index (Phi) is 5.53. The number of hydrogen-bond acceptors (Lipinski definition) is 2. The summed E-state index contributed by atoms with van der Waals surface area (Å²) in [7, 11) is 1.63. The SMILES string of the molecule is CCN(CC)C(=O)NC(C)(C)COC. The number of carbonyl (C=O) groups excluding carboxylic acids is 1. The molecule has 0 bridgehead atoms. The molecule has 0 saturated heterocycles. The fraction of sp³-hybridized carbons (Fsp3) is 0.900. The monoisotopic (exact) mass is 202 g/mol. The standard InChI is InChI=1S/C10H22N2O2/c1-6-12(7-2)9(13)11-10(3,4)8-14-5/h6-8H2,1-5H3,(H,11,13). The largest absolute Gasteiger partial charge is 0.382 e. The minimum Gasteiger partial charge on any atom is -0.382 e. The van der Waals surface area contributed by atoms with Gasteiger partial charge < -0.3 is 15.0 Å². The van der Waals surface area contributed by atoms with Crippen molar-refractivity contribution in [3.8, 4) is 0 Å². The van der Waals surface area contributed by atoms with Gasteiger partial charge in [0.25, 0.3) is 0 Å². The molecule has 0 radical (unpaired) electrons. The molecular formula is C10H22N2O2. The minimum absolute atomic E-state index is 0.0305. The van der Waals surface area contributed by atoms with Crippen molar-refractivity contribution in [1.82, 2.24) is 10.2 Å². The molecule has 84 valence electrons. The molecule has 0 aromatic carbocycles.